The average Bonchev–Trinajstić information content (AvgIpc) is 2.89. The highest BCUT2D eigenvalue weighted by Gasteiger charge is 2.42. The number of pyridine rings is 1. The number of fused-ring (bicyclic) bond motifs is 2. The molecule has 34 heavy (non-hydrogen) atoms. The SMILES string of the molecule is C[C@@H]1CN(c2nc(Cl)c(Cl)c3c2C(=O)N2CCN(C(=O)OC(C)(C)C)CC2CO3)[C@@H](C)CN1C. The van der Waals surface area contributed by atoms with E-state index in [4.69, 9.17) is 32.7 Å². The van der Waals surface area contributed by atoms with Gasteiger partial charge in [-0.15, -0.1) is 0 Å². The Morgan fingerprint density at radius 2 is 1.79 bits per heavy atom. The van der Waals surface area contributed by atoms with Crippen molar-refractivity contribution >= 4 is 41.0 Å². The van der Waals surface area contributed by atoms with Crippen molar-refractivity contribution in [1.82, 2.24) is 19.7 Å². The maximum atomic E-state index is 13.9. The van der Waals surface area contributed by atoms with Gasteiger partial charge in [0.2, 0.25) is 0 Å². The Kier molecular flexibility index (Phi) is 6.83. The molecule has 0 aliphatic carbocycles. The molecule has 1 aromatic heterocycles. The molecular weight excluding hydrogens is 481 g/mol. The van der Waals surface area contributed by atoms with Gasteiger partial charge in [0.15, 0.2) is 10.9 Å². The smallest absolute Gasteiger partial charge is 0.410 e. The van der Waals surface area contributed by atoms with Crippen LogP contribution in [0, 0.1) is 0 Å². The lowest BCUT2D eigenvalue weighted by Gasteiger charge is -2.44. The predicted octanol–water partition coefficient (Wildman–Crippen LogP) is 3.37. The van der Waals surface area contributed by atoms with Crippen LogP contribution >= 0.6 is 23.2 Å². The Bertz CT molecular complexity index is 985. The minimum Gasteiger partial charge on any atom is -0.489 e. The third-order valence-corrected chi connectivity index (χ3v) is 7.35. The Labute approximate surface area is 210 Å². The van der Waals surface area contributed by atoms with E-state index in [1.165, 1.54) is 0 Å². The molecule has 4 heterocycles. The van der Waals surface area contributed by atoms with Gasteiger partial charge in [-0.3, -0.25) is 9.69 Å². The molecule has 3 atom stereocenters. The van der Waals surface area contributed by atoms with Crippen LogP contribution in [0.5, 0.6) is 5.75 Å². The molecule has 4 rings (SSSR count). The molecule has 0 saturated carbocycles. The molecule has 11 heteroatoms. The van der Waals surface area contributed by atoms with Gasteiger partial charge in [-0.1, -0.05) is 23.2 Å². The summed E-state index contributed by atoms with van der Waals surface area (Å²) in [6.07, 6.45) is -0.398. The zero-order valence-corrected chi connectivity index (χ0v) is 22.1. The quantitative estimate of drug-likeness (QED) is 0.532. The van der Waals surface area contributed by atoms with Crippen LogP contribution in [0.25, 0.3) is 0 Å². The van der Waals surface area contributed by atoms with Crippen molar-refractivity contribution < 1.29 is 19.1 Å². The summed E-state index contributed by atoms with van der Waals surface area (Å²) in [7, 11) is 2.09. The molecule has 2 amide bonds. The highest BCUT2D eigenvalue weighted by atomic mass is 35.5. The van der Waals surface area contributed by atoms with Gasteiger partial charge in [-0.2, -0.15) is 0 Å². The van der Waals surface area contributed by atoms with Gasteiger partial charge in [0.05, 0.1) is 6.04 Å². The zero-order chi connectivity index (χ0) is 24.9. The van der Waals surface area contributed by atoms with Crippen LogP contribution < -0.4 is 9.64 Å². The van der Waals surface area contributed by atoms with Crippen molar-refractivity contribution in [3.8, 4) is 5.75 Å². The first-order valence-electron chi connectivity index (χ1n) is 11.6. The minimum absolute atomic E-state index is 0.109. The lowest BCUT2D eigenvalue weighted by molar-refractivity contribution is 0.000952. The lowest BCUT2D eigenvalue weighted by Crippen LogP contribution is -2.58. The molecule has 0 N–H and O–H groups in total. The summed E-state index contributed by atoms with van der Waals surface area (Å²) in [5, 5.41) is 0.240. The normalized spacial score (nSPS) is 25.9. The summed E-state index contributed by atoms with van der Waals surface area (Å²) in [5.41, 5.74) is -0.257. The molecule has 0 spiro atoms. The monoisotopic (exact) mass is 513 g/mol. The molecule has 3 aliphatic rings. The minimum atomic E-state index is -0.596. The molecule has 0 radical (unpaired) electrons. The van der Waals surface area contributed by atoms with Crippen LogP contribution in [0.4, 0.5) is 10.6 Å². The van der Waals surface area contributed by atoms with E-state index in [1.54, 1.807) is 9.80 Å². The van der Waals surface area contributed by atoms with E-state index in [9.17, 15) is 9.59 Å². The Balaban J connectivity index is 1.66. The van der Waals surface area contributed by atoms with Crippen molar-refractivity contribution in [3.05, 3.63) is 15.7 Å². The van der Waals surface area contributed by atoms with E-state index in [2.05, 4.69) is 35.7 Å². The Hall–Kier alpha value is -1.97. The molecule has 3 aliphatic heterocycles. The van der Waals surface area contributed by atoms with Crippen LogP contribution in [0.2, 0.25) is 10.2 Å². The van der Waals surface area contributed by atoms with E-state index < -0.39 is 11.7 Å². The number of amides is 2. The molecule has 2 saturated heterocycles. The second-order valence-corrected chi connectivity index (χ2v) is 11.2. The van der Waals surface area contributed by atoms with Crippen molar-refractivity contribution in [2.24, 2.45) is 0 Å². The fourth-order valence-corrected chi connectivity index (χ4v) is 5.07. The second kappa shape index (κ2) is 9.24. The molecule has 188 valence electrons. The van der Waals surface area contributed by atoms with Gasteiger partial charge in [0.1, 0.15) is 28.6 Å². The molecule has 9 nitrogen and oxygen atoms in total. The predicted molar refractivity (Wildman–Crippen MR) is 131 cm³/mol. The molecule has 0 aromatic carbocycles. The number of hydrogen-bond acceptors (Lipinski definition) is 7. The third-order valence-electron chi connectivity index (χ3n) is 6.63. The zero-order valence-electron chi connectivity index (χ0n) is 20.6. The summed E-state index contributed by atoms with van der Waals surface area (Å²) in [4.78, 5) is 38.8. The number of hydrogen-bond donors (Lipinski definition) is 0. The van der Waals surface area contributed by atoms with Crippen LogP contribution in [0.1, 0.15) is 45.0 Å². The van der Waals surface area contributed by atoms with Crippen LogP contribution in [0.15, 0.2) is 0 Å². The number of halogens is 2. The fourth-order valence-electron chi connectivity index (χ4n) is 4.71. The number of anilines is 1. The standard InChI is InChI=1S/C23H33Cl2N5O4/c1-13-10-30(14(2)9-27(13)6)20-16-18(17(24)19(25)26-20)33-12-15-11-28(7-8-29(15)21(16)31)22(32)34-23(3,4)5/h13-15H,7-12H2,1-6H3/t13-,14+,15?/m1/s1. The first-order chi connectivity index (χ1) is 15.9. The number of aromatic nitrogens is 1. The average molecular weight is 514 g/mol. The van der Waals surface area contributed by atoms with Crippen molar-refractivity contribution in [2.45, 2.75) is 58.3 Å². The Morgan fingerprint density at radius 1 is 1.09 bits per heavy atom. The van der Waals surface area contributed by atoms with Gasteiger partial charge in [0, 0.05) is 44.8 Å². The molecule has 0 bridgehead atoms. The van der Waals surface area contributed by atoms with Crippen molar-refractivity contribution in [3.63, 3.8) is 0 Å². The van der Waals surface area contributed by atoms with E-state index in [-0.39, 0.29) is 46.6 Å². The van der Waals surface area contributed by atoms with E-state index in [0.717, 1.165) is 6.54 Å². The maximum Gasteiger partial charge on any atom is 0.410 e. The van der Waals surface area contributed by atoms with E-state index >= 15 is 0 Å². The summed E-state index contributed by atoms with van der Waals surface area (Å²) in [6, 6.07) is 0.0497. The summed E-state index contributed by atoms with van der Waals surface area (Å²) in [5.74, 6) is 0.553. The molecule has 2 fully saturated rings. The van der Waals surface area contributed by atoms with E-state index in [1.807, 2.05) is 20.8 Å². The summed E-state index contributed by atoms with van der Waals surface area (Å²) >= 11 is 12.9. The third kappa shape index (κ3) is 4.75. The molecule has 1 aromatic rings. The number of carbonyl (C=O) groups excluding carboxylic acids is 2. The second-order valence-electron chi connectivity index (χ2n) is 10.4. The van der Waals surface area contributed by atoms with Gasteiger partial charge < -0.3 is 24.2 Å². The summed E-state index contributed by atoms with van der Waals surface area (Å²) < 4.78 is 11.6. The number of nitrogens with zero attached hydrogens (tertiary/aromatic N) is 5. The number of ether oxygens (including phenoxy) is 2. The van der Waals surface area contributed by atoms with Crippen LogP contribution in [-0.4, -0.2) is 102 Å². The number of carbonyl (C=O) groups is 2. The fraction of sp³-hybridized carbons (Fsp3) is 0.696. The number of piperazine rings is 2. The van der Waals surface area contributed by atoms with Crippen molar-refractivity contribution in [1.29, 1.82) is 0 Å². The lowest BCUT2D eigenvalue weighted by atomic mass is 10.1. The Morgan fingerprint density at radius 3 is 2.47 bits per heavy atom. The largest absolute Gasteiger partial charge is 0.489 e. The van der Waals surface area contributed by atoms with Gasteiger partial charge in [-0.05, 0) is 41.7 Å². The highest BCUT2D eigenvalue weighted by Crippen LogP contribution is 2.42. The van der Waals surface area contributed by atoms with Gasteiger partial charge >= 0.3 is 6.09 Å². The number of likely N-dealkylation sites (N-methyl/N-ethyl adjacent to an activating group) is 1. The summed E-state index contributed by atoms with van der Waals surface area (Å²) in [6.45, 7) is 12.5. The topological polar surface area (TPSA) is 78.5 Å². The van der Waals surface area contributed by atoms with Crippen molar-refractivity contribution in [2.75, 3.05) is 51.3 Å². The maximum absolute atomic E-state index is 13.9. The van der Waals surface area contributed by atoms with E-state index in [0.29, 0.717) is 37.6 Å². The van der Waals surface area contributed by atoms with Crippen LogP contribution in [0.3, 0.4) is 0 Å². The van der Waals surface area contributed by atoms with Gasteiger partial charge in [0.25, 0.3) is 5.91 Å². The molecule has 1 unspecified atom stereocenters. The molecular formula is C23H33Cl2N5O4. The van der Waals surface area contributed by atoms with Crippen LogP contribution in [-0.2, 0) is 4.74 Å². The highest BCUT2D eigenvalue weighted by molar-refractivity contribution is 6.42. The number of rotatable bonds is 1. The first kappa shape index (κ1) is 25.1. The first-order valence-corrected chi connectivity index (χ1v) is 12.4. The van der Waals surface area contributed by atoms with Gasteiger partial charge in [-0.25, -0.2) is 9.78 Å².